The summed E-state index contributed by atoms with van der Waals surface area (Å²) in [6.07, 6.45) is 7.61. The number of aliphatic hydroxyl groups is 1. The van der Waals surface area contributed by atoms with Gasteiger partial charge < -0.3 is 24.6 Å². The van der Waals surface area contributed by atoms with Gasteiger partial charge in [-0.2, -0.15) is 0 Å². The standard InChI is InChI=1S/C22H33NO5.C6H8O/c1-15-13-17(14-16-9-11-18(26-5)12-10-16)7-6-8-19(20(24)27-15)23-21(25)28-22(2,3)4;1-3-5-6(7)4-2/h9-12,15,17,19H,6-8,13-14H2,1-5H3,(H,23,25);3-5,7H,1-2H2/b;6-5+/t15?,17?,19-;/m0./s1. The number of nitrogens with one attached hydrogen (secondary N) is 1. The highest BCUT2D eigenvalue weighted by Crippen LogP contribution is 2.25. The maximum Gasteiger partial charge on any atom is 0.408 e. The van der Waals surface area contributed by atoms with Crippen LogP contribution in [0.3, 0.4) is 0 Å². The molecule has 194 valence electrons. The molecule has 2 rings (SSSR count). The summed E-state index contributed by atoms with van der Waals surface area (Å²) in [6, 6.07) is 7.42. The highest BCUT2D eigenvalue weighted by atomic mass is 16.6. The zero-order valence-corrected chi connectivity index (χ0v) is 21.7. The van der Waals surface area contributed by atoms with Gasteiger partial charge in [0, 0.05) is 0 Å². The van der Waals surface area contributed by atoms with Crippen molar-refractivity contribution in [2.45, 2.75) is 77.5 Å². The highest BCUT2D eigenvalue weighted by molar-refractivity contribution is 5.81. The summed E-state index contributed by atoms with van der Waals surface area (Å²) in [7, 11) is 1.66. The van der Waals surface area contributed by atoms with Crippen LogP contribution in [-0.2, 0) is 20.7 Å². The van der Waals surface area contributed by atoms with E-state index in [2.05, 4.69) is 30.6 Å². The van der Waals surface area contributed by atoms with E-state index < -0.39 is 17.7 Å². The normalized spacial score (nSPS) is 21.0. The number of amides is 1. The fourth-order valence-electron chi connectivity index (χ4n) is 3.69. The lowest BCUT2D eigenvalue weighted by Crippen LogP contribution is -2.44. The molecule has 0 aromatic heterocycles. The molecular weight excluding hydrogens is 446 g/mol. The van der Waals surface area contributed by atoms with Gasteiger partial charge in [-0.1, -0.05) is 37.8 Å². The minimum atomic E-state index is -0.669. The van der Waals surface area contributed by atoms with Crippen LogP contribution in [-0.4, -0.2) is 42.0 Å². The van der Waals surface area contributed by atoms with Crippen LogP contribution in [0.5, 0.6) is 5.75 Å². The lowest BCUT2D eigenvalue weighted by molar-refractivity contribution is -0.151. The predicted molar refractivity (Wildman–Crippen MR) is 138 cm³/mol. The number of alkyl carbamates (subject to hydrolysis) is 1. The molecule has 1 amide bonds. The maximum absolute atomic E-state index is 12.5. The number of cyclic esters (lactones) is 1. The fourth-order valence-corrected chi connectivity index (χ4v) is 3.69. The molecule has 0 aliphatic carbocycles. The molecule has 7 heteroatoms. The van der Waals surface area contributed by atoms with E-state index >= 15 is 0 Å². The summed E-state index contributed by atoms with van der Waals surface area (Å²) in [4.78, 5) is 24.5. The van der Waals surface area contributed by atoms with E-state index in [1.54, 1.807) is 27.9 Å². The molecular formula is C28H41NO6. The van der Waals surface area contributed by atoms with Gasteiger partial charge in [-0.05, 0) is 89.1 Å². The van der Waals surface area contributed by atoms with Crippen LogP contribution in [0.2, 0.25) is 0 Å². The predicted octanol–water partition coefficient (Wildman–Crippen LogP) is 6.05. The van der Waals surface area contributed by atoms with Crippen molar-refractivity contribution in [1.29, 1.82) is 0 Å². The van der Waals surface area contributed by atoms with Crippen molar-refractivity contribution in [2.75, 3.05) is 7.11 Å². The van der Waals surface area contributed by atoms with Crippen LogP contribution in [0.25, 0.3) is 0 Å². The first-order chi connectivity index (χ1) is 16.5. The Bertz CT molecular complexity index is 853. The molecule has 2 unspecified atom stereocenters. The van der Waals surface area contributed by atoms with Crippen molar-refractivity contribution < 1.29 is 28.9 Å². The second-order valence-electron chi connectivity index (χ2n) is 9.56. The third-order valence-corrected chi connectivity index (χ3v) is 5.24. The Balaban J connectivity index is 0.000000762. The van der Waals surface area contributed by atoms with Gasteiger partial charge in [0.1, 0.15) is 23.2 Å². The van der Waals surface area contributed by atoms with E-state index in [1.165, 1.54) is 23.8 Å². The number of hydrogen-bond acceptors (Lipinski definition) is 6. The SMILES string of the molecule is C=C/C=C(/O)C=C.COc1ccc(CC2CCC[C@H](NC(=O)OC(C)(C)C)C(=O)OC(C)C2)cc1. The van der Waals surface area contributed by atoms with Crippen LogP contribution in [0.1, 0.15) is 58.9 Å². The molecule has 1 fully saturated rings. The van der Waals surface area contributed by atoms with Crippen molar-refractivity contribution in [3.63, 3.8) is 0 Å². The van der Waals surface area contributed by atoms with Crippen LogP contribution >= 0.6 is 0 Å². The average Bonchev–Trinajstić information content (AvgIpc) is 2.83. The Morgan fingerprint density at radius 3 is 2.40 bits per heavy atom. The number of benzene rings is 1. The molecule has 1 aromatic rings. The van der Waals surface area contributed by atoms with Gasteiger partial charge in [0.05, 0.1) is 13.2 Å². The molecule has 3 atom stereocenters. The number of methoxy groups -OCH3 is 1. The van der Waals surface area contributed by atoms with Crippen molar-refractivity contribution in [3.8, 4) is 5.75 Å². The zero-order valence-electron chi connectivity index (χ0n) is 21.7. The van der Waals surface area contributed by atoms with Crippen molar-refractivity contribution >= 4 is 12.1 Å². The van der Waals surface area contributed by atoms with E-state index in [4.69, 9.17) is 19.3 Å². The molecule has 1 saturated heterocycles. The fraction of sp³-hybridized carbons (Fsp3) is 0.500. The number of aliphatic hydroxyl groups excluding tert-OH is 1. The molecule has 2 N–H and O–H groups in total. The van der Waals surface area contributed by atoms with Gasteiger partial charge in [0.25, 0.3) is 0 Å². The molecule has 1 aliphatic rings. The second kappa shape index (κ2) is 14.9. The number of ether oxygens (including phenoxy) is 3. The molecule has 7 nitrogen and oxygen atoms in total. The third kappa shape index (κ3) is 12.7. The number of allylic oxidation sites excluding steroid dienone is 3. The van der Waals surface area contributed by atoms with Gasteiger partial charge in [-0.15, -0.1) is 0 Å². The zero-order chi connectivity index (χ0) is 26.4. The molecule has 0 bridgehead atoms. The van der Waals surface area contributed by atoms with Crippen LogP contribution in [0.4, 0.5) is 4.79 Å². The van der Waals surface area contributed by atoms with E-state index in [0.29, 0.717) is 12.3 Å². The van der Waals surface area contributed by atoms with Crippen LogP contribution in [0.15, 0.2) is 61.4 Å². The third-order valence-electron chi connectivity index (χ3n) is 5.24. The van der Waals surface area contributed by atoms with Crippen LogP contribution < -0.4 is 10.1 Å². The number of rotatable bonds is 6. The summed E-state index contributed by atoms with van der Waals surface area (Å²) >= 11 is 0. The molecule has 1 aliphatic heterocycles. The lowest BCUT2D eigenvalue weighted by Gasteiger charge is -2.23. The van der Waals surface area contributed by atoms with Gasteiger partial charge >= 0.3 is 12.1 Å². The summed E-state index contributed by atoms with van der Waals surface area (Å²) in [5.41, 5.74) is 0.635. The topological polar surface area (TPSA) is 94.1 Å². The number of esters is 1. The minimum absolute atomic E-state index is 0.148. The van der Waals surface area contributed by atoms with Crippen molar-refractivity contribution in [3.05, 3.63) is 67.0 Å². The first kappa shape index (κ1) is 29.8. The summed E-state index contributed by atoms with van der Waals surface area (Å²) in [6.45, 7) is 14.0. The Labute approximate surface area is 209 Å². The lowest BCUT2D eigenvalue weighted by atomic mass is 9.89. The summed E-state index contributed by atoms with van der Waals surface area (Å²) < 4.78 is 16.1. The summed E-state index contributed by atoms with van der Waals surface area (Å²) in [5, 5.41) is 11.2. The van der Waals surface area contributed by atoms with Gasteiger partial charge in [0.2, 0.25) is 0 Å². The summed E-state index contributed by atoms with van der Waals surface area (Å²) in [5.74, 6) is 1.02. The van der Waals surface area contributed by atoms with E-state index in [9.17, 15) is 9.59 Å². The number of carbonyl (C=O) groups is 2. The first-order valence-corrected chi connectivity index (χ1v) is 11.9. The second-order valence-corrected chi connectivity index (χ2v) is 9.56. The molecule has 35 heavy (non-hydrogen) atoms. The highest BCUT2D eigenvalue weighted by Gasteiger charge is 2.29. The maximum atomic E-state index is 12.5. The van der Waals surface area contributed by atoms with Crippen molar-refractivity contribution in [1.82, 2.24) is 5.32 Å². The van der Waals surface area contributed by atoms with Crippen molar-refractivity contribution in [2.24, 2.45) is 5.92 Å². The Hall–Kier alpha value is -3.22. The van der Waals surface area contributed by atoms with Crippen LogP contribution in [0, 0.1) is 5.92 Å². The average molecular weight is 488 g/mol. The van der Waals surface area contributed by atoms with E-state index in [0.717, 1.165) is 31.4 Å². The monoisotopic (exact) mass is 487 g/mol. The Morgan fingerprint density at radius 1 is 1.23 bits per heavy atom. The van der Waals surface area contributed by atoms with E-state index in [-0.39, 0.29) is 17.8 Å². The molecule has 0 saturated carbocycles. The molecule has 1 heterocycles. The Kier molecular flexibility index (Phi) is 12.7. The quantitative estimate of drug-likeness (QED) is 0.288. The minimum Gasteiger partial charge on any atom is -0.508 e. The number of hydrogen-bond donors (Lipinski definition) is 2. The van der Waals surface area contributed by atoms with E-state index in [1.807, 2.05) is 19.1 Å². The Morgan fingerprint density at radius 2 is 1.89 bits per heavy atom. The molecule has 0 spiro atoms. The first-order valence-electron chi connectivity index (χ1n) is 11.9. The molecule has 0 radical (unpaired) electrons. The van der Waals surface area contributed by atoms with Gasteiger partial charge in [0.15, 0.2) is 0 Å². The smallest absolute Gasteiger partial charge is 0.408 e. The van der Waals surface area contributed by atoms with Gasteiger partial charge in [-0.3, -0.25) is 0 Å². The number of carbonyl (C=O) groups excluding carboxylic acids is 2. The molecule has 1 aromatic carbocycles. The largest absolute Gasteiger partial charge is 0.508 e. The van der Waals surface area contributed by atoms with Gasteiger partial charge in [-0.25, -0.2) is 9.59 Å².